The summed E-state index contributed by atoms with van der Waals surface area (Å²) in [5, 5.41) is 8.74. The van der Waals surface area contributed by atoms with E-state index in [9.17, 15) is 0 Å². The maximum absolute atomic E-state index is 8.74. The van der Waals surface area contributed by atoms with Gasteiger partial charge in [0.1, 0.15) is 34.8 Å². The minimum Gasteiger partial charge on any atom is -0.497 e. The van der Waals surface area contributed by atoms with E-state index in [4.69, 9.17) is 20.5 Å². The lowest BCUT2D eigenvalue weighted by Gasteiger charge is -2.07. The van der Waals surface area contributed by atoms with Crippen LogP contribution in [-0.2, 0) is 6.42 Å². The highest BCUT2D eigenvalue weighted by Gasteiger charge is 2.04. The predicted molar refractivity (Wildman–Crippen MR) is 73.4 cm³/mol. The first-order valence-electron chi connectivity index (χ1n) is 6.01. The van der Waals surface area contributed by atoms with Gasteiger partial charge in [-0.2, -0.15) is 5.26 Å². The molecule has 2 rings (SSSR count). The summed E-state index contributed by atoms with van der Waals surface area (Å²) in [6, 6.07) is 9.26. The summed E-state index contributed by atoms with van der Waals surface area (Å²) in [5.74, 6) is 2.19. The smallest absolute Gasteiger partial charge is 0.145 e. The Morgan fingerprint density at radius 2 is 2.15 bits per heavy atom. The highest BCUT2D eigenvalue weighted by atomic mass is 16.5. The van der Waals surface area contributed by atoms with Crippen LogP contribution in [0.3, 0.4) is 0 Å². The third-order valence-electron chi connectivity index (χ3n) is 2.62. The number of hydrogen-bond donors (Lipinski definition) is 1. The first kappa shape index (κ1) is 13.6. The molecule has 2 aromatic rings. The number of anilines is 1. The molecule has 1 aromatic carbocycles. The number of benzene rings is 1. The second kappa shape index (κ2) is 6.38. The molecule has 0 atom stereocenters. The molecular weight excluding hydrogens is 256 g/mol. The van der Waals surface area contributed by atoms with Crippen molar-refractivity contribution in [2.24, 2.45) is 0 Å². The molecule has 1 aromatic heterocycles. The van der Waals surface area contributed by atoms with Gasteiger partial charge in [-0.05, 0) is 12.1 Å². The van der Waals surface area contributed by atoms with Crippen molar-refractivity contribution in [3.8, 4) is 17.6 Å². The van der Waals surface area contributed by atoms with Crippen LogP contribution in [0.15, 0.2) is 30.5 Å². The molecule has 1 heterocycles. The molecule has 0 saturated heterocycles. The SMILES string of the molecule is COc1cccc(OCCc2ncc(C#N)c(N)n2)c1. The number of hydrogen-bond acceptors (Lipinski definition) is 6. The fourth-order valence-electron chi connectivity index (χ4n) is 1.59. The topological polar surface area (TPSA) is 94.0 Å². The van der Waals surface area contributed by atoms with Gasteiger partial charge < -0.3 is 15.2 Å². The van der Waals surface area contributed by atoms with Crippen LogP contribution in [0.5, 0.6) is 11.5 Å². The Hall–Kier alpha value is -2.81. The summed E-state index contributed by atoms with van der Waals surface area (Å²) < 4.78 is 10.7. The van der Waals surface area contributed by atoms with E-state index >= 15 is 0 Å². The normalized spacial score (nSPS) is 9.80. The van der Waals surface area contributed by atoms with Gasteiger partial charge in [0.05, 0.1) is 19.9 Å². The molecule has 20 heavy (non-hydrogen) atoms. The van der Waals surface area contributed by atoms with Crippen LogP contribution < -0.4 is 15.2 Å². The number of rotatable bonds is 5. The molecule has 0 unspecified atom stereocenters. The molecule has 6 heteroatoms. The Balaban J connectivity index is 1.92. The Morgan fingerprint density at radius 1 is 1.35 bits per heavy atom. The minimum atomic E-state index is 0.193. The molecule has 102 valence electrons. The van der Waals surface area contributed by atoms with Gasteiger partial charge in [-0.25, -0.2) is 9.97 Å². The Labute approximate surface area is 116 Å². The summed E-state index contributed by atoms with van der Waals surface area (Å²) in [4.78, 5) is 8.11. The lowest BCUT2D eigenvalue weighted by Crippen LogP contribution is -2.07. The van der Waals surface area contributed by atoms with E-state index < -0.39 is 0 Å². The highest BCUT2D eigenvalue weighted by molar-refractivity contribution is 5.46. The van der Waals surface area contributed by atoms with Crippen molar-refractivity contribution in [2.75, 3.05) is 19.5 Å². The zero-order chi connectivity index (χ0) is 14.4. The van der Waals surface area contributed by atoms with Crippen LogP contribution in [0.4, 0.5) is 5.82 Å². The van der Waals surface area contributed by atoms with E-state index in [-0.39, 0.29) is 11.4 Å². The zero-order valence-electron chi connectivity index (χ0n) is 11.0. The van der Waals surface area contributed by atoms with Crippen molar-refractivity contribution in [3.63, 3.8) is 0 Å². The fourth-order valence-corrected chi connectivity index (χ4v) is 1.59. The largest absolute Gasteiger partial charge is 0.497 e. The van der Waals surface area contributed by atoms with Crippen LogP contribution in [0.1, 0.15) is 11.4 Å². The van der Waals surface area contributed by atoms with Crippen molar-refractivity contribution in [1.29, 1.82) is 5.26 Å². The summed E-state index contributed by atoms with van der Waals surface area (Å²) in [6.07, 6.45) is 1.93. The predicted octanol–water partition coefficient (Wildman–Crippen LogP) is 1.56. The number of nitrogen functional groups attached to an aromatic ring is 1. The van der Waals surface area contributed by atoms with Gasteiger partial charge in [0.15, 0.2) is 0 Å². The maximum atomic E-state index is 8.74. The number of ether oxygens (including phenoxy) is 2. The lowest BCUT2D eigenvalue weighted by molar-refractivity contribution is 0.316. The first-order chi connectivity index (χ1) is 9.72. The molecule has 6 nitrogen and oxygen atoms in total. The van der Waals surface area contributed by atoms with Crippen LogP contribution in [0, 0.1) is 11.3 Å². The van der Waals surface area contributed by atoms with Crippen molar-refractivity contribution in [3.05, 3.63) is 41.9 Å². The van der Waals surface area contributed by atoms with Crippen molar-refractivity contribution < 1.29 is 9.47 Å². The van der Waals surface area contributed by atoms with Gasteiger partial charge in [0.25, 0.3) is 0 Å². The molecule has 0 bridgehead atoms. The van der Waals surface area contributed by atoms with E-state index in [1.165, 1.54) is 6.20 Å². The molecule has 0 fully saturated rings. The Morgan fingerprint density at radius 3 is 2.85 bits per heavy atom. The number of nitrogens with two attached hydrogens (primary N) is 1. The third-order valence-corrected chi connectivity index (χ3v) is 2.62. The number of aromatic nitrogens is 2. The zero-order valence-corrected chi connectivity index (χ0v) is 11.0. The molecule has 0 aliphatic heterocycles. The molecule has 0 aliphatic rings. The van der Waals surface area contributed by atoms with E-state index in [0.717, 1.165) is 5.75 Å². The summed E-state index contributed by atoms with van der Waals surface area (Å²) in [7, 11) is 1.60. The summed E-state index contributed by atoms with van der Waals surface area (Å²) in [6.45, 7) is 0.415. The number of nitriles is 1. The summed E-state index contributed by atoms with van der Waals surface area (Å²) >= 11 is 0. The second-order valence-corrected chi connectivity index (χ2v) is 3.97. The minimum absolute atomic E-state index is 0.193. The van der Waals surface area contributed by atoms with Gasteiger partial charge in [-0.1, -0.05) is 6.07 Å². The Bertz CT molecular complexity index is 637. The quantitative estimate of drug-likeness (QED) is 0.886. The highest BCUT2D eigenvalue weighted by Crippen LogP contribution is 2.18. The van der Waals surface area contributed by atoms with E-state index in [0.29, 0.717) is 24.6 Å². The van der Waals surface area contributed by atoms with Gasteiger partial charge in [-0.15, -0.1) is 0 Å². The monoisotopic (exact) mass is 270 g/mol. The second-order valence-electron chi connectivity index (χ2n) is 3.97. The molecule has 0 saturated carbocycles. The standard InChI is InChI=1S/C14H14N4O2/c1-19-11-3-2-4-12(7-11)20-6-5-13-17-9-10(8-15)14(16)18-13/h2-4,7,9H,5-6H2,1H3,(H2,16,17,18). The van der Waals surface area contributed by atoms with Crippen LogP contribution in [-0.4, -0.2) is 23.7 Å². The van der Waals surface area contributed by atoms with Gasteiger partial charge in [0, 0.05) is 12.5 Å². The number of methoxy groups -OCH3 is 1. The average molecular weight is 270 g/mol. The molecule has 0 amide bonds. The molecule has 2 N–H and O–H groups in total. The van der Waals surface area contributed by atoms with Gasteiger partial charge in [0.2, 0.25) is 0 Å². The van der Waals surface area contributed by atoms with Crippen molar-refractivity contribution in [1.82, 2.24) is 9.97 Å². The molecule has 0 aliphatic carbocycles. The summed E-state index contributed by atoms with van der Waals surface area (Å²) in [5.41, 5.74) is 5.90. The van der Waals surface area contributed by atoms with Crippen LogP contribution in [0.2, 0.25) is 0 Å². The molecule has 0 spiro atoms. The van der Waals surface area contributed by atoms with Gasteiger partial charge >= 0.3 is 0 Å². The van der Waals surface area contributed by atoms with E-state index in [1.807, 2.05) is 24.3 Å². The van der Waals surface area contributed by atoms with Crippen LogP contribution in [0.25, 0.3) is 0 Å². The fraction of sp³-hybridized carbons (Fsp3) is 0.214. The number of nitrogens with zero attached hydrogens (tertiary/aromatic N) is 3. The van der Waals surface area contributed by atoms with Crippen molar-refractivity contribution >= 4 is 5.82 Å². The maximum Gasteiger partial charge on any atom is 0.145 e. The molecule has 0 radical (unpaired) electrons. The van der Waals surface area contributed by atoms with Crippen molar-refractivity contribution in [2.45, 2.75) is 6.42 Å². The third kappa shape index (κ3) is 3.36. The van der Waals surface area contributed by atoms with E-state index in [1.54, 1.807) is 13.2 Å². The van der Waals surface area contributed by atoms with Crippen LogP contribution >= 0.6 is 0 Å². The average Bonchev–Trinajstić information content (AvgIpc) is 2.48. The van der Waals surface area contributed by atoms with E-state index in [2.05, 4.69) is 9.97 Å². The molecular formula is C14H14N4O2. The lowest BCUT2D eigenvalue weighted by atomic mass is 10.3. The van der Waals surface area contributed by atoms with Gasteiger partial charge in [-0.3, -0.25) is 0 Å². The first-order valence-corrected chi connectivity index (χ1v) is 6.01. The Kier molecular flexibility index (Phi) is 4.35.